The van der Waals surface area contributed by atoms with E-state index in [1.807, 2.05) is 11.8 Å². The molecule has 2 aromatic rings. The fraction of sp³-hybridized carbons (Fsp3) is 0.438. The van der Waals surface area contributed by atoms with Crippen molar-refractivity contribution >= 4 is 23.1 Å². The number of thioether (sulfide) groups is 1. The molecular weight excluding hydrogens is 284 g/mol. The normalized spacial score (nSPS) is 19.6. The van der Waals surface area contributed by atoms with Gasteiger partial charge in [-0.25, -0.2) is 4.98 Å². The zero-order chi connectivity index (χ0) is 14.1. The molecule has 1 aliphatic heterocycles. The number of benzene rings is 1. The van der Waals surface area contributed by atoms with Crippen LogP contribution in [0, 0.1) is 13.8 Å². The Labute approximate surface area is 129 Å². The van der Waals surface area contributed by atoms with E-state index in [2.05, 4.69) is 55.3 Å². The summed E-state index contributed by atoms with van der Waals surface area (Å²) in [6.45, 7) is 6.48. The minimum atomic E-state index is 0.307. The maximum atomic E-state index is 4.68. The molecule has 1 aromatic carbocycles. The summed E-state index contributed by atoms with van der Waals surface area (Å²) in [6, 6.07) is 9.51. The molecule has 0 saturated carbocycles. The molecule has 0 saturated heterocycles. The first-order chi connectivity index (χ1) is 9.65. The second kappa shape index (κ2) is 5.88. The molecule has 2 atom stereocenters. The predicted molar refractivity (Wildman–Crippen MR) is 87.7 cm³/mol. The summed E-state index contributed by atoms with van der Waals surface area (Å²) in [5.41, 5.74) is 2.66. The second-order valence-corrected chi connectivity index (χ2v) is 7.83. The highest BCUT2D eigenvalue weighted by Gasteiger charge is 2.23. The van der Waals surface area contributed by atoms with Crippen LogP contribution in [0.25, 0.3) is 0 Å². The fourth-order valence-electron chi connectivity index (χ4n) is 2.84. The van der Waals surface area contributed by atoms with E-state index in [1.165, 1.54) is 33.2 Å². The van der Waals surface area contributed by atoms with Gasteiger partial charge in [0, 0.05) is 21.9 Å². The van der Waals surface area contributed by atoms with Crippen LogP contribution in [-0.4, -0.2) is 10.7 Å². The first kappa shape index (κ1) is 14.1. The Hall–Kier alpha value is -0.840. The summed E-state index contributed by atoms with van der Waals surface area (Å²) < 4.78 is 0. The zero-order valence-electron chi connectivity index (χ0n) is 12.1. The van der Waals surface area contributed by atoms with Gasteiger partial charge < -0.3 is 5.32 Å². The Balaban J connectivity index is 1.80. The lowest BCUT2D eigenvalue weighted by Crippen LogP contribution is -2.27. The van der Waals surface area contributed by atoms with E-state index in [4.69, 9.17) is 0 Å². The molecule has 0 amide bonds. The SMILES string of the molecule is Cc1nc(C(C)NC2CCSc3ccccc32)c(C)s1. The van der Waals surface area contributed by atoms with Crippen LogP contribution in [0.2, 0.25) is 0 Å². The topological polar surface area (TPSA) is 24.9 Å². The average Bonchev–Trinajstić information content (AvgIpc) is 2.78. The molecule has 4 heteroatoms. The van der Waals surface area contributed by atoms with Gasteiger partial charge in [0.1, 0.15) is 0 Å². The number of aryl methyl sites for hydroxylation is 2. The molecule has 2 unspecified atom stereocenters. The molecule has 3 rings (SSSR count). The predicted octanol–water partition coefficient (Wildman–Crippen LogP) is 4.65. The van der Waals surface area contributed by atoms with Crippen molar-refractivity contribution < 1.29 is 0 Å². The molecular formula is C16H20N2S2. The second-order valence-electron chi connectivity index (χ2n) is 5.29. The van der Waals surface area contributed by atoms with Crippen LogP contribution in [0.1, 0.15) is 46.6 Å². The largest absolute Gasteiger partial charge is 0.302 e. The first-order valence-electron chi connectivity index (χ1n) is 7.07. The molecule has 2 heterocycles. The van der Waals surface area contributed by atoms with Crippen molar-refractivity contribution in [2.75, 3.05) is 5.75 Å². The van der Waals surface area contributed by atoms with Gasteiger partial charge in [-0.15, -0.1) is 23.1 Å². The third-order valence-electron chi connectivity index (χ3n) is 3.76. The maximum Gasteiger partial charge on any atom is 0.0900 e. The standard InChI is InChI=1S/C16H20N2S2/c1-10(16-11(2)20-12(3)18-16)17-14-8-9-19-15-7-5-4-6-13(14)15/h4-7,10,14,17H,8-9H2,1-3H3. The average molecular weight is 304 g/mol. The number of aromatic nitrogens is 1. The number of hydrogen-bond donors (Lipinski definition) is 1. The lowest BCUT2D eigenvalue weighted by molar-refractivity contribution is 0.444. The van der Waals surface area contributed by atoms with Crippen LogP contribution in [0.4, 0.5) is 0 Å². The third-order valence-corrected chi connectivity index (χ3v) is 5.78. The summed E-state index contributed by atoms with van der Waals surface area (Å²) in [4.78, 5) is 7.44. The Kier molecular flexibility index (Phi) is 4.15. The Morgan fingerprint density at radius 1 is 1.30 bits per heavy atom. The summed E-state index contributed by atoms with van der Waals surface area (Å²) in [5.74, 6) is 1.19. The van der Waals surface area contributed by atoms with Crippen molar-refractivity contribution in [2.45, 2.75) is 44.2 Å². The van der Waals surface area contributed by atoms with Gasteiger partial charge >= 0.3 is 0 Å². The Morgan fingerprint density at radius 2 is 2.10 bits per heavy atom. The molecule has 0 aliphatic carbocycles. The van der Waals surface area contributed by atoms with Gasteiger partial charge in [-0.2, -0.15) is 0 Å². The van der Waals surface area contributed by atoms with Gasteiger partial charge in [-0.3, -0.25) is 0 Å². The van der Waals surface area contributed by atoms with Crippen molar-refractivity contribution in [3.05, 3.63) is 45.4 Å². The third kappa shape index (κ3) is 2.78. The molecule has 0 radical (unpaired) electrons. The van der Waals surface area contributed by atoms with Gasteiger partial charge in [0.25, 0.3) is 0 Å². The Morgan fingerprint density at radius 3 is 2.85 bits per heavy atom. The first-order valence-corrected chi connectivity index (χ1v) is 8.87. The van der Waals surface area contributed by atoms with Gasteiger partial charge in [0.05, 0.1) is 10.7 Å². The number of nitrogens with one attached hydrogen (secondary N) is 1. The molecule has 20 heavy (non-hydrogen) atoms. The van der Waals surface area contributed by atoms with E-state index >= 15 is 0 Å². The van der Waals surface area contributed by atoms with E-state index in [0.717, 1.165) is 5.01 Å². The zero-order valence-corrected chi connectivity index (χ0v) is 13.8. The number of nitrogens with zero attached hydrogens (tertiary/aromatic N) is 1. The van der Waals surface area contributed by atoms with Crippen molar-refractivity contribution in [3.63, 3.8) is 0 Å². The van der Waals surface area contributed by atoms with E-state index in [0.29, 0.717) is 12.1 Å². The van der Waals surface area contributed by atoms with E-state index in [1.54, 1.807) is 11.3 Å². The molecule has 0 fully saturated rings. The van der Waals surface area contributed by atoms with Crippen LogP contribution in [-0.2, 0) is 0 Å². The summed E-state index contributed by atoms with van der Waals surface area (Å²) >= 11 is 3.76. The molecule has 1 N–H and O–H groups in total. The van der Waals surface area contributed by atoms with Crippen LogP contribution < -0.4 is 5.32 Å². The van der Waals surface area contributed by atoms with Gasteiger partial charge in [0.15, 0.2) is 0 Å². The lowest BCUT2D eigenvalue weighted by atomic mass is 10.0. The highest BCUT2D eigenvalue weighted by Crippen LogP contribution is 2.37. The van der Waals surface area contributed by atoms with Crippen LogP contribution >= 0.6 is 23.1 Å². The van der Waals surface area contributed by atoms with Crippen molar-refractivity contribution in [3.8, 4) is 0 Å². The highest BCUT2D eigenvalue weighted by atomic mass is 32.2. The maximum absolute atomic E-state index is 4.68. The fourth-order valence-corrected chi connectivity index (χ4v) is 4.88. The van der Waals surface area contributed by atoms with Gasteiger partial charge in [0.2, 0.25) is 0 Å². The number of hydrogen-bond acceptors (Lipinski definition) is 4. The van der Waals surface area contributed by atoms with Crippen molar-refractivity contribution in [1.29, 1.82) is 0 Å². The molecule has 0 bridgehead atoms. The number of thiazole rings is 1. The van der Waals surface area contributed by atoms with Crippen LogP contribution in [0.5, 0.6) is 0 Å². The summed E-state index contributed by atoms with van der Waals surface area (Å²) in [5, 5.41) is 4.93. The molecule has 1 aromatic heterocycles. The van der Waals surface area contributed by atoms with Crippen molar-refractivity contribution in [1.82, 2.24) is 10.3 Å². The minimum Gasteiger partial charge on any atom is -0.302 e. The highest BCUT2D eigenvalue weighted by molar-refractivity contribution is 7.99. The van der Waals surface area contributed by atoms with Gasteiger partial charge in [-0.05, 0) is 44.6 Å². The lowest BCUT2D eigenvalue weighted by Gasteiger charge is -2.28. The molecule has 106 valence electrons. The van der Waals surface area contributed by atoms with E-state index < -0.39 is 0 Å². The number of rotatable bonds is 3. The van der Waals surface area contributed by atoms with Crippen LogP contribution in [0.3, 0.4) is 0 Å². The molecule has 1 aliphatic rings. The van der Waals surface area contributed by atoms with Gasteiger partial charge in [-0.1, -0.05) is 18.2 Å². The monoisotopic (exact) mass is 304 g/mol. The Bertz CT molecular complexity index is 606. The quantitative estimate of drug-likeness (QED) is 0.893. The van der Waals surface area contributed by atoms with E-state index in [9.17, 15) is 0 Å². The molecule has 2 nitrogen and oxygen atoms in total. The number of fused-ring (bicyclic) bond motifs is 1. The summed E-state index contributed by atoms with van der Waals surface area (Å²) in [6.07, 6.45) is 1.19. The van der Waals surface area contributed by atoms with Crippen molar-refractivity contribution in [2.24, 2.45) is 0 Å². The summed E-state index contributed by atoms with van der Waals surface area (Å²) in [7, 11) is 0. The smallest absolute Gasteiger partial charge is 0.0900 e. The van der Waals surface area contributed by atoms with Crippen LogP contribution in [0.15, 0.2) is 29.2 Å². The van der Waals surface area contributed by atoms with E-state index in [-0.39, 0.29) is 0 Å². The molecule has 0 spiro atoms. The minimum absolute atomic E-state index is 0.307.